The van der Waals surface area contributed by atoms with Crippen LogP contribution in [0.3, 0.4) is 0 Å². The first-order valence-electron chi connectivity index (χ1n) is 8.30. The minimum atomic E-state index is -0.0506. The van der Waals surface area contributed by atoms with Crippen molar-refractivity contribution < 1.29 is 19.0 Å². The van der Waals surface area contributed by atoms with E-state index in [4.69, 9.17) is 14.2 Å². The van der Waals surface area contributed by atoms with Gasteiger partial charge in [-0.25, -0.2) is 0 Å². The first-order valence-corrected chi connectivity index (χ1v) is 8.30. The lowest BCUT2D eigenvalue weighted by Crippen LogP contribution is -2.23. The molecule has 2 aliphatic rings. The molecule has 4 heteroatoms. The third-order valence-electron chi connectivity index (χ3n) is 4.44. The fourth-order valence-electron chi connectivity index (χ4n) is 3.06. The first kappa shape index (κ1) is 15.3. The zero-order valence-corrected chi connectivity index (χ0v) is 13.1. The highest BCUT2D eigenvalue weighted by atomic mass is 16.6. The highest BCUT2D eigenvalue weighted by Gasteiger charge is 2.27. The Labute approximate surface area is 131 Å². The van der Waals surface area contributed by atoms with Gasteiger partial charge < -0.3 is 14.2 Å². The van der Waals surface area contributed by atoms with Crippen molar-refractivity contribution in [3.63, 3.8) is 0 Å². The molecule has 1 aromatic rings. The lowest BCUT2D eigenvalue weighted by Gasteiger charge is -2.25. The maximum Gasteiger partial charge on any atom is 0.306 e. The number of rotatable bonds is 6. The van der Waals surface area contributed by atoms with Gasteiger partial charge in [0.15, 0.2) is 0 Å². The van der Waals surface area contributed by atoms with Gasteiger partial charge in [0.05, 0.1) is 6.61 Å². The topological polar surface area (TPSA) is 48.1 Å². The van der Waals surface area contributed by atoms with E-state index in [0.717, 1.165) is 38.0 Å². The third kappa shape index (κ3) is 4.01. The van der Waals surface area contributed by atoms with Crippen LogP contribution in [0.4, 0.5) is 0 Å². The van der Waals surface area contributed by atoms with Crippen LogP contribution in [-0.4, -0.2) is 31.4 Å². The second-order valence-corrected chi connectivity index (χ2v) is 6.12. The van der Waals surface area contributed by atoms with Gasteiger partial charge in [-0.05, 0) is 43.4 Å². The van der Waals surface area contributed by atoms with E-state index in [1.54, 1.807) is 0 Å². The maximum atomic E-state index is 11.7. The molecule has 0 bridgehead atoms. The second-order valence-electron chi connectivity index (χ2n) is 6.12. The summed E-state index contributed by atoms with van der Waals surface area (Å²) in [6.45, 7) is 3.58. The van der Waals surface area contributed by atoms with Crippen molar-refractivity contribution in [1.29, 1.82) is 0 Å². The Morgan fingerprint density at radius 3 is 2.73 bits per heavy atom. The summed E-state index contributed by atoms with van der Waals surface area (Å²) in [7, 11) is 0. The molecule has 0 aromatic heterocycles. The average Bonchev–Trinajstić information content (AvgIpc) is 3.36. The molecular weight excluding hydrogens is 280 g/mol. The highest BCUT2D eigenvalue weighted by Crippen LogP contribution is 2.32. The van der Waals surface area contributed by atoms with Gasteiger partial charge in [0.25, 0.3) is 0 Å². The molecule has 2 aliphatic heterocycles. The van der Waals surface area contributed by atoms with Gasteiger partial charge in [-0.3, -0.25) is 4.79 Å². The smallest absolute Gasteiger partial charge is 0.306 e. The number of esters is 1. The van der Waals surface area contributed by atoms with Crippen LogP contribution in [0.15, 0.2) is 24.3 Å². The van der Waals surface area contributed by atoms with Crippen molar-refractivity contribution >= 4 is 5.97 Å². The van der Waals surface area contributed by atoms with E-state index in [9.17, 15) is 4.79 Å². The summed E-state index contributed by atoms with van der Waals surface area (Å²) in [5.41, 5.74) is 1.22. The lowest BCUT2D eigenvalue weighted by molar-refractivity contribution is -0.149. The minimum absolute atomic E-state index is 0.00614. The molecule has 4 nitrogen and oxygen atoms in total. The number of epoxide rings is 1. The number of benzene rings is 1. The summed E-state index contributed by atoms with van der Waals surface area (Å²) in [4.78, 5) is 11.7. The average molecular weight is 304 g/mol. The summed E-state index contributed by atoms with van der Waals surface area (Å²) in [5, 5.41) is 0. The van der Waals surface area contributed by atoms with Gasteiger partial charge >= 0.3 is 5.97 Å². The zero-order valence-electron chi connectivity index (χ0n) is 13.1. The Morgan fingerprint density at radius 1 is 1.27 bits per heavy atom. The molecule has 0 spiro atoms. The molecule has 120 valence electrons. The van der Waals surface area contributed by atoms with Crippen molar-refractivity contribution in [3.05, 3.63) is 29.8 Å². The van der Waals surface area contributed by atoms with E-state index < -0.39 is 0 Å². The van der Waals surface area contributed by atoms with Gasteiger partial charge in [0.1, 0.15) is 24.6 Å². The van der Waals surface area contributed by atoms with E-state index in [0.29, 0.717) is 13.0 Å². The summed E-state index contributed by atoms with van der Waals surface area (Å²) >= 11 is 0. The molecule has 1 aromatic carbocycles. The Kier molecular flexibility index (Phi) is 4.98. The van der Waals surface area contributed by atoms with E-state index >= 15 is 0 Å². The van der Waals surface area contributed by atoms with Crippen molar-refractivity contribution in [2.45, 2.75) is 57.2 Å². The van der Waals surface area contributed by atoms with Crippen LogP contribution >= 0.6 is 0 Å². The molecule has 2 fully saturated rings. The van der Waals surface area contributed by atoms with Crippen molar-refractivity contribution in [2.75, 3.05) is 13.2 Å². The number of carbonyl (C=O) groups excluding carboxylic acids is 1. The normalized spacial score (nSPS) is 26.0. The van der Waals surface area contributed by atoms with Gasteiger partial charge in [0.2, 0.25) is 0 Å². The SMILES string of the molecule is CCC(c1ccc(OCC2CO2)cc1)C1CCCCC(=O)O1. The second kappa shape index (κ2) is 7.14. The molecule has 2 saturated heterocycles. The van der Waals surface area contributed by atoms with E-state index in [1.807, 2.05) is 12.1 Å². The predicted octanol–water partition coefficient (Wildman–Crippen LogP) is 3.44. The number of ether oxygens (including phenoxy) is 3. The van der Waals surface area contributed by atoms with Crippen LogP contribution in [0.5, 0.6) is 5.75 Å². The number of hydrogen-bond acceptors (Lipinski definition) is 4. The number of cyclic esters (lactones) is 1. The van der Waals surface area contributed by atoms with Crippen LogP contribution in [0.2, 0.25) is 0 Å². The first-order chi connectivity index (χ1) is 10.8. The summed E-state index contributed by atoms with van der Waals surface area (Å²) in [6.07, 6.45) is 4.77. The van der Waals surface area contributed by atoms with Crippen LogP contribution in [0.25, 0.3) is 0 Å². The molecule has 2 heterocycles. The molecule has 22 heavy (non-hydrogen) atoms. The summed E-state index contributed by atoms with van der Waals surface area (Å²) in [5.74, 6) is 1.08. The zero-order chi connectivity index (χ0) is 15.4. The fraction of sp³-hybridized carbons (Fsp3) is 0.611. The molecule has 3 rings (SSSR count). The van der Waals surface area contributed by atoms with Crippen LogP contribution in [0, 0.1) is 0 Å². The lowest BCUT2D eigenvalue weighted by atomic mass is 9.88. The molecular formula is C18H24O4. The number of carbonyl (C=O) groups is 1. The Balaban J connectivity index is 1.64. The van der Waals surface area contributed by atoms with Gasteiger partial charge in [-0.15, -0.1) is 0 Å². The Hall–Kier alpha value is -1.55. The molecule has 3 atom stereocenters. The molecule has 0 N–H and O–H groups in total. The van der Waals surface area contributed by atoms with Gasteiger partial charge in [-0.1, -0.05) is 19.1 Å². The van der Waals surface area contributed by atoms with Crippen LogP contribution in [-0.2, 0) is 14.3 Å². The van der Waals surface area contributed by atoms with Crippen LogP contribution in [0.1, 0.15) is 50.5 Å². The molecule has 0 amide bonds. The van der Waals surface area contributed by atoms with E-state index in [-0.39, 0.29) is 24.1 Å². The minimum Gasteiger partial charge on any atom is -0.491 e. The van der Waals surface area contributed by atoms with Crippen molar-refractivity contribution in [2.24, 2.45) is 0 Å². The summed E-state index contributed by atoms with van der Waals surface area (Å²) < 4.78 is 16.5. The van der Waals surface area contributed by atoms with E-state index in [2.05, 4.69) is 19.1 Å². The maximum absolute atomic E-state index is 11.7. The standard InChI is InChI=1S/C18H24O4/c1-2-16(17-5-3-4-6-18(19)22-17)13-7-9-14(10-8-13)20-11-15-12-21-15/h7-10,15-17H,2-6,11-12H2,1H3. The Bertz CT molecular complexity index is 492. The van der Waals surface area contributed by atoms with Gasteiger partial charge in [0, 0.05) is 12.3 Å². The van der Waals surface area contributed by atoms with Crippen molar-refractivity contribution in [1.82, 2.24) is 0 Å². The predicted molar refractivity (Wildman–Crippen MR) is 83.1 cm³/mol. The quantitative estimate of drug-likeness (QED) is 0.596. The van der Waals surface area contributed by atoms with Crippen molar-refractivity contribution in [3.8, 4) is 5.75 Å². The number of hydrogen-bond donors (Lipinski definition) is 0. The molecule has 0 radical (unpaired) electrons. The largest absolute Gasteiger partial charge is 0.491 e. The molecule has 0 aliphatic carbocycles. The molecule has 3 unspecified atom stereocenters. The Morgan fingerprint density at radius 2 is 2.05 bits per heavy atom. The summed E-state index contributed by atoms with van der Waals surface area (Å²) in [6, 6.07) is 8.18. The monoisotopic (exact) mass is 304 g/mol. The third-order valence-corrected chi connectivity index (χ3v) is 4.44. The highest BCUT2D eigenvalue weighted by molar-refractivity contribution is 5.69. The molecule has 0 saturated carbocycles. The van der Waals surface area contributed by atoms with E-state index in [1.165, 1.54) is 5.56 Å². The fourth-order valence-corrected chi connectivity index (χ4v) is 3.06. The van der Waals surface area contributed by atoms with Crippen LogP contribution < -0.4 is 4.74 Å². The van der Waals surface area contributed by atoms with Gasteiger partial charge in [-0.2, -0.15) is 0 Å².